The van der Waals surface area contributed by atoms with Crippen molar-refractivity contribution >= 4 is 29.0 Å². The summed E-state index contributed by atoms with van der Waals surface area (Å²) in [5.74, 6) is 5.27. The molecule has 0 saturated carbocycles. The predicted octanol–water partition coefficient (Wildman–Crippen LogP) is 1.54. The Kier molecular flexibility index (Phi) is 4.92. The highest BCUT2D eigenvalue weighted by molar-refractivity contribution is 7.80. The Balaban J connectivity index is 2.53. The lowest BCUT2D eigenvalue weighted by atomic mass is 9.95. The number of nitro groups is 1. The molecule has 0 unspecified atom stereocenters. The standard InChI is InChI=1S/C14H16N4O4S/c1-3-22-13(19)11-8(2)17(15)14(23)16-12(11)9-5-4-6-10(7-9)18(20)21/h4-7,12H,3,15H2,1-2H3,(H,16,23)/t12-/m1/s1. The van der Waals surface area contributed by atoms with Crippen molar-refractivity contribution in [2.45, 2.75) is 19.9 Å². The van der Waals surface area contributed by atoms with Crippen molar-refractivity contribution in [1.82, 2.24) is 10.3 Å². The van der Waals surface area contributed by atoms with E-state index in [1.165, 1.54) is 17.1 Å². The molecule has 0 aromatic heterocycles. The first kappa shape index (κ1) is 16.8. The van der Waals surface area contributed by atoms with E-state index in [9.17, 15) is 14.9 Å². The van der Waals surface area contributed by atoms with E-state index in [0.717, 1.165) is 0 Å². The van der Waals surface area contributed by atoms with Crippen LogP contribution < -0.4 is 11.2 Å². The number of hydrazine groups is 1. The van der Waals surface area contributed by atoms with Crippen LogP contribution >= 0.6 is 12.2 Å². The maximum absolute atomic E-state index is 12.3. The van der Waals surface area contributed by atoms with Gasteiger partial charge in [-0.1, -0.05) is 12.1 Å². The van der Waals surface area contributed by atoms with Gasteiger partial charge in [-0.2, -0.15) is 0 Å². The zero-order valence-corrected chi connectivity index (χ0v) is 13.4. The lowest BCUT2D eigenvalue weighted by Crippen LogP contribution is -2.50. The molecule has 0 amide bonds. The van der Waals surface area contributed by atoms with Crippen LogP contribution in [-0.4, -0.2) is 27.6 Å². The first-order valence-corrected chi connectivity index (χ1v) is 7.25. The van der Waals surface area contributed by atoms with Gasteiger partial charge in [0, 0.05) is 17.8 Å². The number of allylic oxidation sites excluding steroid dienone is 1. The SMILES string of the molecule is CCOC(=O)C1=C(C)N(N)C(=S)N[C@@H]1c1cccc([N+](=O)[O-])c1. The molecule has 0 spiro atoms. The second kappa shape index (κ2) is 6.71. The number of nitrogens with zero attached hydrogens (tertiary/aromatic N) is 2. The number of benzene rings is 1. The van der Waals surface area contributed by atoms with Crippen molar-refractivity contribution in [2.75, 3.05) is 6.61 Å². The quantitative estimate of drug-likeness (QED) is 0.280. The summed E-state index contributed by atoms with van der Waals surface area (Å²) in [5, 5.41) is 15.3. The average molecular weight is 336 g/mol. The van der Waals surface area contributed by atoms with Gasteiger partial charge in [0.15, 0.2) is 5.11 Å². The number of esters is 1. The second-order valence-electron chi connectivity index (χ2n) is 4.82. The van der Waals surface area contributed by atoms with Gasteiger partial charge < -0.3 is 10.1 Å². The molecule has 0 radical (unpaired) electrons. The van der Waals surface area contributed by atoms with Crippen LogP contribution in [0.1, 0.15) is 25.5 Å². The Hall–Kier alpha value is -2.52. The Morgan fingerprint density at radius 3 is 2.87 bits per heavy atom. The van der Waals surface area contributed by atoms with Crippen LogP contribution in [0.3, 0.4) is 0 Å². The summed E-state index contributed by atoms with van der Waals surface area (Å²) in [4.78, 5) is 22.7. The number of ether oxygens (including phenoxy) is 1. The summed E-state index contributed by atoms with van der Waals surface area (Å²) < 4.78 is 5.07. The van der Waals surface area contributed by atoms with Crippen LogP contribution in [0, 0.1) is 10.1 Å². The van der Waals surface area contributed by atoms with E-state index < -0.39 is 16.9 Å². The number of nitro benzene ring substituents is 1. The molecular weight excluding hydrogens is 320 g/mol. The number of nitrogens with one attached hydrogen (secondary N) is 1. The minimum absolute atomic E-state index is 0.0775. The molecule has 0 fully saturated rings. The smallest absolute Gasteiger partial charge is 0.338 e. The molecular formula is C14H16N4O4S. The monoisotopic (exact) mass is 336 g/mol. The summed E-state index contributed by atoms with van der Waals surface area (Å²) in [6, 6.07) is 5.32. The van der Waals surface area contributed by atoms with Crippen LogP contribution in [-0.2, 0) is 9.53 Å². The van der Waals surface area contributed by atoms with Gasteiger partial charge >= 0.3 is 5.97 Å². The summed E-state index contributed by atoms with van der Waals surface area (Å²) in [6.45, 7) is 3.54. The first-order chi connectivity index (χ1) is 10.9. The molecule has 9 heteroatoms. The van der Waals surface area contributed by atoms with Crippen molar-refractivity contribution < 1.29 is 14.5 Å². The van der Waals surface area contributed by atoms with Crippen LogP contribution in [0.25, 0.3) is 0 Å². The Labute approximate surface area is 138 Å². The fourth-order valence-corrected chi connectivity index (χ4v) is 2.55. The maximum Gasteiger partial charge on any atom is 0.338 e. The van der Waals surface area contributed by atoms with Crippen LogP contribution in [0.15, 0.2) is 35.5 Å². The largest absolute Gasteiger partial charge is 0.463 e. The molecule has 1 aliphatic rings. The van der Waals surface area contributed by atoms with Gasteiger partial charge in [0.25, 0.3) is 5.69 Å². The molecule has 23 heavy (non-hydrogen) atoms. The topological polar surface area (TPSA) is 111 Å². The Bertz CT molecular complexity index is 704. The molecule has 8 nitrogen and oxygen atoms in total. The molecule has 0 bridgehead atoms. The lowest BCUT2D eigenvalue weighted by molar-refractivity contribution is -0.384. The zero-order chi connectivity index (χ0) is 17.1. The highest BCUT2D eigenvalue weighted by Gasteiger charge is 2.34. The molecule has 1 aromatic carbocycles. The number of rotatable bonds is 4. The third-order valence-electron chi connectivity index (χ3n) is 3.44. The zero-order valence-electron chi connectivity index (χ0n) is 12.6. The molecule has 1 aromatic rings. The Morgan fingerprint density at radius 1 is 1.57 bits per heavy atom. The van der Waals surface area contributed by atoms with Crippen LogP contribution in [0.4, 0.5) is 5.69 Å². The number of non-ortho nitro benzene ring substituents is 1. The summed E-state index contributed by atoms with van der Waals surface area (Å²) in [6.07, 6.45) is 0. The third kappa shape index (κ3) is 3.30. The van der Waals surface area contributed by atoms with Gasteiger partial charge in [0.1, 0.15) is 0 Å². The van der Waals surface area contributed by atoms with E-state index in [-0.39, 0.29) is 23.0 Å². The van der Waals surface area contributed by atoms with E-state index in [1.54, 1.807) is 26.0 Å². The molecule has 0 saturated heterocycles. The predicted molar refractivity (Wildman–Crippen MR) is 86.9 cm³/mol. The van der Waals surface area contributed by atoms with Gasteiger partial charge in [0.05, 0.1) is 23.1 Å². The van der Waals surface area contributed by atoms with E-state index in [2.05, 4.69) is 5.32 Å². The summed E-state index contributed by atoms with van der Waals surface area (Å²) >= 11 is 5.14. The molecule has 122 valence electrons. The number of carbonyl (C=O) groups excluding carboxylic acids is 1. The first-order valence-electron chi connectivity index (χ1n) is 6.84. The normalized spacial score (nSPS) is 17.8. The number of carbonyl (C=O) groups is 1. The van der Waals surface area contributed by atoms with E-state index in [0.29, 0.717) is 11.3 Å². The number of nitrogens with two attached hydrogens (primary N) is 1. The highest BCUT2D eigenvalue weighted by atomic mass is 32.1. The fourth-order valence-electron chi connectivity index (χ4n) is 2.30. The van der Waals surface area contributed by atoms with E-state index in [4.69, 9.17) is 22.8 Å². The second-order valence-corrected chi connectivity index (χ2v) is 5.21. The minimum Gasteiger partial charge on any atom is -0.463 e. The lowest BCUT2D eigenvalue weighted by Gasteiger charge is -2.34. The minimum atomic E-state index is -0.666. The van der Waals surface area contributed by atoms with Crippen molar-refractivity contribution in [3.05, 3.63) is 51.2 Å². The molecule has 1 atom stereocenters. The molecule has 3 N–H and O–H groups in total. The maximum atomic E-state index is 12.3. The van der Waals surface area contributed by atoms with Gasteiger partial charge in [-0.25, -0.2) is 10.6 Å². The van der Waals surface area contributed by atoms with Gasteiger partial charge in [-0.15, -0.1) is 0 Å². The molecule has 1 aliphatic heterocycles. The number of hydrogen-bond donors (Lipinski definition) is 2. The van der Waals surface area contributed by atoms with Gasteiger partial charge in [-0.3, -0.25) is 15.1 Å². The van der Waals surface area contributed by atoms with Crippen molar-refractivity contribution in [2.24, 2.45) is 5.84 Å². The van der Waals surface area contributed by atoms with Gasteiger partial charge in [-0.05, 0) is 31.6 Å². The number of thiocarbonyl (C=S) groups is 1. The van der Waals surface area contributed by atoms with Crippen molar-refractivity contribution in [3.63, 3.8) is 0 Å². The van der Waals surface area contributed by atoms with Gasteiger partial charge in [0.2, 0.25) is 0 Å². The summed E-state index contributed by atoms with van der Waals surface area (Å²) in [5.41, 5.74) is 1.15. The van der Waals surface area contributed by atoms with Crippen LogP contribution in [0.2, 0.25) is 0 Å². The third-order valence-corrected chi connectivity index (χ3v) is 3.75. The van der Waals surface area contributed by atoms with E-state index in [1.807, 2.05) is 0 Å². The summed E-state index contributed by atoms with van der Waals surface area (Å²) in [7, 11) is 0. The molecule has 2 rings (SSSR count). The van der Waals surface area contributed by atoms with E-state index >= 15 is 0 Å². The average Bonchev–Trinajstić information content (AvgIpc) is 2.52. The molecule has 0 aliphatic carbocycles. The fraction of sp³-hybridized carbons (Fsp3) is 0.286. The number of hydrogen-bond acceptors (Lipinski definition) is 6. The van der Waals surface area contributed by atoms with Crippen molar-refractivity contribution in [3.8, 4) is 0 Å². The van der Waals surface area contributed by atoms with Crippen LogP contribution in [0.5, 0.6) is 0 Å². The molecule has 1 heterocycles. The van der Waals surface area contributed by atoms with Crippen molar-refractivity contribution in [1.29, 1.82) is 0 Å². The Morgan fingerprint density at radius 2 is 2.26 bits per heavy atom. The highest BCUT2D eigenvalue weighted by Crippen LogP contribution is 2.31.